The molecule has 0 radical (unpaired) electrons. The van der Waals surface area contributed by atoms with Crippen LogP contribution in [0.1, 0.15) is 72.8 Å². The molecule has 0 saturated carbocycles. The van der Waals surface area contributed by atoms with Gasteiger partial charge in [-0.1, -0.05) is 71.9 Å². The predicted octanol–water partition coefficient (Wildman–Crippen LogP) is 3.27. The average Bonchev–Trinajstić information content (AvgIpc) is 3.37. The van der Waals surface area contributed by atoms with E-state index in [9.17, 15) is 19.2 Å². The van der Waals surface area contributed by atoms with Gasteiger partial charge in [-0.2, -0.15) is 0 Å². The second-order valence-electron chi connectivity index (χ2n) is 12.1. The van der Waals surface area contributed by atoms with Gasteiger partial charge in [-0.05, 0) is 49.0 Å². The molecule has 1 unspecified atom stereocenters. The lowest BCUT2D eigenvalue weighted by Crippen LogP contribution is -2.58. The van der Waals surface area contributed by atoms with Gasteiger partial charge in [-0.15, -0.1) is 0 Å². The fourth-order valence-electron chi connectivity index (χ4n) is 4.78. The molecular formula is C31H50N4O7. The van der Waals surface area contributed by atoms with Crippen LogP contribution in [0.15, 0.2) is 30.3 Å². The Hall–Kier alpha value is -3.18. The van der Waals surface area contributed by atoms with Gasteiger partial charge in [0.25, 0.3) is 0 Å². The summed E-state index contributed by atoms with van der Waals surface area (Å²) in [4.78, 5) is 52.7. The van der Waals surface area contributed by atoms with Gasteiger partial charge in [0.2, 0.25) is 17.7 Å². The zero-order chi connectivity index (χ0) is 31.2. The summed E-state index contributed by atoms with van der Waals surface area (Å²) in [5.74, 6) is -0.995. The molecule has 0 aliphatic carbocycles. The molecule has 1 fully saturated rings. The summed E-state index contributed by atoms with van der Waals surface area (Å²) in [5.41, 5.74) is 0.823. The molecule has 5 atom stereocenters. The van der Waals surface area contributed by atoms with Crippen LogP contribution in [-0.4, -0.2) is 68.0 Å². The second kappa shape index (κ2) is 17.7. The van der Waals surface area contributed by atoms with Crippen molar-refractivity contribution < 1.29 is 33.4 Å². The first-order valence-corrected chi connectivity index (χ1v) is 14.9. The van der Waals surface area contributed by atoms with Crippen molar-refractivity contribution in [1.82, 2.24) is 21.3 Å². The monoisotopic (exact) mass is 590 g/mol. The highest BCUT2D eigenvalue weighted by Crippen LogP contribution is 2.16. The standard InChI is InChI=1S/C31H50N4O7/c1-19(2)15-24(27(36)32-23-13-14-41-30(23)40-7)33-28(37)25(16-20(3)4)34-29(38)26(17-21(5)6)35-31(39)42-18-22-11-9-8-10-12-22/h8-12,19-21,23-26,30H,13-18H2,1-7H3,(H,32,36)(H,33,37)(H,34,38)(H,35,39)/t23-,24-,25-,26-,30?/m0/s1. The second-order valence-corrected chi connectivity index (χ2v) is 12.1. The number of methoxy groups -OCH3 is 1. The van der Waals surface area contributed by atoms with E-state index in [1.165, 1.54) is 7.11 Å². The van der Waals surface area contributed by atoms with Gasteiger partial charge in [-0.3, -0.25) is 14.4 Å². The molecule has 1 aliphatic rings. The van der Waals surface area contributed by atoms with Gasteiger partial charge in [0, 0.05) is 7.11 Å². The van der Waals surface area contributed by atoms with Crippen LogP contribution >= 0.6 is 0 Å². The fourth-order valence-corrected chi connectivity index (χ4v) is 4.78. The normalized spacial score (nSPS) is 18.8. The molecule has 1 aromatic rings. The summed E-state index contributed by atoms with van der Waals surface area (Å²) >= 11 is 0. The number of alkyl carbamates (subject to hydrolysis) is 1. The van der Waals surface area contributed by atoms with E-state index in [-0.39, 0.29) is 36.3 Å². The van der Waals surface area contributed by atoms with Crippen LogP contribution in [0, 0.1) is 17.8 Å². The van der Waals surface area contributed by atoms with Crippen molar-refractivity contribution in [2.24, 2.45) is 17.8 Å². The molecule has 11 nitrogen and oxygen atoms in total. The lowest BCUT2D eigenvalue weighted by Gasteiger charge is -2.28. The summed E-state index contributed by atoms with van der Waals surface area (Å²) < 4.78 is 16.1. The topological polar surface area (TPSA) is 144 Å². The van der Waals surface area contributed by atoms with Crippen LogP contribution in [0.3, 0.4) is 0 Å². The van der Waals surface area contributed by atoms with E-state index in [1.54, 1.807) is 0 Å². The maximum Gasteiger partial charge on any atom is 0.408 e. The number of nitrogens with one attached hydrogen (secondary N) is 4. The molecule has 11 heteroatoms. The van der Waals surface area contributed by atoms with Crippen molar-refractivity contribution in [2.75, 3.05) is 13.7 Å². The third-order valence-corrected chi connectivity index (χ3v) is 6.81. The number of carbonyl (C=O) groups excluding carboxylic acids is 4. The fraction of sp³-hybridized carbons (Fsp3) is 0.677. The minimum atomic E-state index is -0.904. The highest BCUT2D eigenvalue weighted by atomic mass is 16.7. The van der Waals surface area contributed by atoms with Crippen molar-refractivity contribution >= 4 is 23.8 Å². The summed E-state index contributed by atoms with van der Waals surface area (Å²) in [6.07, 6.45) is 0.463. The summed E-state index contributed by atoms with van der Waals surface area (Å²) in [6.45, 7) is 12.2. The summed E-state index contributed by atoms with van der Waals surface area (Å²) in [5, 5.41) is 11.3. The Bertz CT molecular complexity index is 1000. The molecule has 0 spiro atoms. The van der Waals surface area contributed by atoms with Crippen molar-refractivity contribution in [3.05, 3.63) is 35.9 Å². The molecule has 1 saturated heterocycles. The molecule has 236 valence electrons. The number of benzene rings is 1. The van der Waals surface area contributed by atoms with Gasteiger partial charge in [0.1, 0.15) is 24.7 Å². The third kappa shape index (κ3) is 12.4. The Balaban J connectivity index is 2.10. The maximum absolute atomic E-state index is 13.5. The highest BCUT2D eigenvalue weighted by molar-refractivity contribution is 5.94. The summed E-state index contributed by atoms with van der Waals surface area (Å²) in [6, 6.07) is 6.31. The largest absolute Gasteiger partial charge is 0.445 e. The molecule has 42 heavy (non-hydrogen) atoms. The molecule has 2 rings (SSSR count). The van der Waals surface area contributed by atoms with Crippen molar-refractivity contribution in [3.8, 4) is 0 Å². The highest BCUT2D eigenvalue weighted by Gasteiger charge is 2.34. The number of hydrogen-bond acceptors (Lipinski definition) is 7. The molecule has 1 aromatic carbocycles. The van der Waals surface area contributed by atoms with Crippen LogP contribution in [-0.2, 0) is 35.2 Å². The van der Waals surface area contributed by atoms with Crippen molar-refractivity contribution in [3.63, 3.8) is 0 Å². The van der Waals surface area contributed by atoms with Gasteiger partial charge in [0.15, 0.2) is 6.29 Å². The Kier molecular flexibility index (Phi) is 14.8. The quantitative estimate of drug-likeness (QED) is 0.231. The first-order chi connectivity index (χ1) is 19.9. The van der Waals surface area contributed by atoms with Crippen LogP contribution in [0.25, 0.3) is 0 Å². The molecule has 1 heterocycles. The smallest absolute Gasteiger partial charge is 0.408 e. The SMILES string of the molecule is COC1OCC[C@@H]1NC(=O)[C@H](CC(C)C)NC(=O)[C@H](CC(C)C)NC(=O)[C@H](CC(C)C)NC(=O)OCc1ccccc1. The molecule has 4 amide bonds. The first kappa shape index (κ1) is 35.0. The predicted molar refractivity (Wildman–Crippen MR) is 159 cm³/mol. The van der Waals surface area contributed by atoms with E-state index in [2.05, 4.69) is 21.3 Å². The van der Waals surface area contributed by atoms with Gasteiger partial charge < -0.3 is 35.5 Å². The number of hydrogen-bond donors (Lipinski definition) is 4. The lowest BCUT2D eigenvalue weighted by atomic mass is 9.98. The van der Waals surface area contributed by atoms with E-state index >= 15 is 0 Å². The minimum Gasteiger partial charge on any atom is -0.445 e. The molecule has 0 bridgehead atoms. The number of rotatable bonds is 16. The summed E-state index contributed by atoms with van der Waals surface area (Å²) in [7, 11) is 1.52. The van der Waals surface area contributed by atoms with Crippen LogP contribution in [0.4, 0.5) is 4.79 Å². The Morgan fingerprint density at radius 1 is 0.786 bits per heavy atom. The molecule has 0 aromatic heterocycles. The number of carbonyl (C=O) groups is 4. The first-order valence-electron chi connectivity index (χ1n) is 14.9. The van der Waals surface area contributed by atoms with Crippen LogP contribution < -0.4 is 21.3 Å². The number of amides is 4. The average molecular weight is 591 g/mol. The third-order valence-electron chi connectivity index (χ3n) is 6.81. The molecule has 1 aliphatic heterocycles. The minimum absolute atomic E-state index is 0.0679. The lowest BCUT2D eigenvalue weighted by molar-refractivity contribution is -0.135. The number of ether oxygens (including phenoxy) is 3. The zero-order valence-corrected chi connectivity index (χ0v) is 26.1. The Labute approximate surface area is 250 Å². The zero-order valence-electron chi connectivity index (χ0n) is 26.1. The van der Waals surface area contributed by atoms with Gasteiger partial charge in [-0.25, -0.2) is 4.79 Å². The van der Waals surface area contributed by atoms with E-state index in [1.807, 2.05) is 71.9 Å². The van der Waals surface area contributed by atoms with E-state index < -0.39 is 42.3 Å². The maximum atomic E-state index is 13.5. The van der Waals surface area contributed by atoms with Gasteiger partial charge in [0.05, 0.1) is 12.6 Å². The molecule has 4 N–H and O–H groups in total. The van der Waals surface area contributed by atoms with Crippen molar-refractivity contribution in [1.29, 1.82) is 0 Å². The van der Waals surface area contributed by atoms with E-state index in [0.717, 1.165) is 5.56 Å². The van der Waals surface area contributed by atoms with Crippen LogP contribution in [0.5, 0.6) is 0 Å². The van der Waals surface area contributed by atoms with Crippen LogP contribution in [0.2, 0.25) is 0 Å². The Morgan fingerprint density at radius 3 is 1.79 bits per heavy atom. The van der Waals surface area contributed by atoms with E-state index in [0.29, 0.717) is 32.3 Å². The van der Waals surface area contributed by atoms with E-state index in [4.69, 9.17) is 14.2 Å². The van der Waals surface area contributed by atoms with Crippen molar-refractivity contribution in [2.45, 2.75) is 104 Å². The Morgan fingerprint density at radius 2 is 1.29 bits per heavy atom. The van der Waals surface area contributed by atoms with Gasteiger partial charge >= 0.3 is 6.09 Å². The molecular weight excluding hydrogens is 540 g/mol.